The molecule has 0 saturated heterocycles. The summed E-state index contributed by atoms with van der Waals surface area (Å²) in [5.41, 5.74) is -0.394. The van der Waals surface area contributed by atoms with Crippen LogP contribution in [0.2, 0.25) is 5.02 Å². The van der Waals surface area contributed by atoms with Gasteiger partial charge in [-0.25, -0.2) is 0 Å². The number of aliphatic hydroxyl groups excluding tert-OH is 1. The average molecular weight is 286 g/mol. The van der Waals surface area contributed by atoms with Crippen molar-refractivity contribution in [1.29, 1.82) is 0 Å². The number of nitrogens with one attached hydrogen (secondary N) is 1. The molecule has 0 heterocycles. The van der Waals surface area contributed by atoms with Crippen molar-refractivity contribution in [3.63, 3.8) is 0 Å². The van der Waals surface area contributed by atoms with E-state index in [0.29, 0.717) is 17.2 Å². The molecule has 19 heavy (non-hydrogen) atoms. The molecule has 0 fully saturated rings. The van der Waals surface area contributed by atoms with E-state index in [2.05, 4.69) is 5.32 Å². The molecule has 0 radical (unpaired) electrons. The van der Waals surface area contributed by atoms with Crippen LogP contribution in [-0.4, -0.2) is 29.8 Å². The van der Waals surface area contributed by atoms with Crippen LogP contribution >= 0.6 is 11.6 Å². The van der Waals surface area contributed by atoms with Gasteiger partial charge in [0.15, 0.2) is 6.61 Å². The maximum Gasteiger partial charge on any atom is 0.258 e. The van der Waals surface area contributed by atoms with E-state index < -0.39 is 5.54 Å². The molecule has 0 saturated carbocycles. The van der Waals surface area contributed by atoms with Crippen molar-refractivity contribution in [2.45, 2.75) is 32.2 Å². The van der Waals surface area contributed by atoms with Gasteiger partial charge in [-0.05, 0) is 44.0 Å². The zero-order chi connectivity index (χ0) is 14.3. The van der Waals surface area contributed by atoms with E-state index in [9.17, 15) is 4.79 Å². The molecule has 0 spiro atoms. The van der Waals surface area contributed by atoms with Gasteiger partial charge in [0.25, 0.3) is 5.91 Å². The van der Waals surface area contributed by atoms with Gasteiger partial charge in [0.05, 0.1) is 0 Å². The van der Waals surface area contributed by atoms with Crippen molar-refractivity contribution in [2.75, 3.05) is 13.2 Å². The molecule has 2 N–H and O–H groups in total. The monoisotopic (exact) mass is 285 g/mol. The van der Waals surface area contributed by atoms with Gasteiger partial charge in [-0.1, -0.05) is 18.5 Å². The summed E-state index contributed by atoms with van der Waals surface area (Å²) in [4.78, 5) is 11.8. The highest BCUT2D eigenvalue weighted by atomic mass is 35.5. The SMILES string of the molecule is CCC(C)(CCO)NC(=O)COc1ccc(Cl)cc1. The number of ether oxygens (including phenoxy) is 1. The fourth-order valence-electron chi connectivity index (χ4n) is 1.63. The summed E-state index contributed by atoms with van der Waals surface area (Å²) < 4.78 is 5.36. The van der Waals surface area contributed by atoms with E-state index in [0.717, 1.165) is 6.42 Å². The van der Waals surface area contributed by atoms with Crippen LogP contribution in [0, 0.1) is 0 Å². The molecule has 1 amide bonds. The highest BCUT2D eigenvalue weighted by Crippen LogP contribution is 2.16. The topological polar surface area (TPSA) is 58.6 Å². The molecule has 1 atom stereocenters. The van der Waals surface area contributed by atoms with E-state index in [1.165, 1.54) is 0 Å². The van der Waals surface area contributed by atoms with Gasteiger partial charge in [-0.15, -0.1) is 0 Å². The Labute approximate surface area is 118 Å². The molecule has 0 aliphatic rings. The van der Waals surface area contributed by atoms with Gasteiger partial charge in [0, 0.05) is 17.2 Å². The quantitative estimate of drug-likeness (QED) is 0.809. The highest BCUT2D eigenvalue weighted by molar-refractivity contribution is 6.30. The van der Waals surface area contributed by atoms with Crippen LogP contribution in [0.3, 0.4) is 0 Å². The number of aliphatic hydroxyl groups is 1. The predicted molar refractivity (Wildman–Crippen MR) is 75.5 cm³/mol. The molecular formula is C14H20ClNO3. The van der Waals surface area contributed by atoms with Gasteiger partial charge < -0.3 is 15.2 Å². The molecule has 4 nitrogen and oxygen atoms in total. The predicted octanol–water partition coefficient (Wildman–Crippen LogP) is 2.39. The summed E-state index contributed by atoms with van der Waals surface area (Å²) in [5, 5.41) is 12.5. The van der Waals surface area contributed by atoms with Crippen LogP contribution in [0.1, 0.15) is 26.7 Å². The first-order valence-electron chi connectivity index (χ1n) is 6.29. The zero-order valence-electron chi connectivity index (χ0n) is 11.3. The van der Waals surface area contributed by atoms with Crippen molar-refractivity contribution in [3.8, 4) is 5.75 Å². The molecule has 0 aliphatic heterocycles. The molecule has 1 aromatic carbocycles. The number of halogens is 1. The normalized spacial score (nSPS) is 13.7. The maximum absolute atomic E-state index is 11.8. The lowest BCUT2D eigenvalue weighted by Crippen LogP contribution is -2.47. The fraction of sp³-hybridized carbons (Fsp3) is 0.500. The fourth-order valence-corrected chi connectivity index (χ4v) is 1.75. The standard InChI is InChI=1S/C14H20ClNO3/c1-3-14(2,8-9-17)16-13(18)10-19-12-6-4-11(15)5-7-12/h4-7,17H,3,8-10H2,1-2H3,(H,16,18). The molecule has 5 heteroatoms. The number of hydrogen-bond acceptors (Lipinski definition) is 3. The Hall–Kier alpha value is -1.26. The molecular weight excluding hydrogens is 266 g/mol. The number of hydrogen-bond donors (Lipinski definition) is 2. The summed E-state index contributed by atoms with van der Waals surface area (Å²) in [6.07, 6.45) is 1.27. The summed E-state index contributed by atoms with van der Waals surface area (Å²) in [6.45, 7) is 3.87. The van der Waals surface area contributed by atoms with Crippen LogP contribution in [0.15, 0.2) is 24.3 Å². The molecule has 0 aliphatic carbocycles. The van der Waals surface area contributed by atoms with Gasteiger partial charge in [-0.3, -0.25) is 4.79 Å². The minimum atomic E-state index is -0.394. The Balaban J connectivity index is 2.45. The second-order valence-electron chi connectivity index (χ2n) is 4.68. The molecule has 1 unspecified atom stereocenters. The first kappa shape index (κ1) is 15.8. The lowest BCUT2D eigenvalue weighted by molar-refractivity contribution is -0.125. The van der Waals surface area contributed by atoms with Crippen LogP contribution in [0.25, 0.3) is 0 Å². The molecule has 0 bridgehead atoms. The second-order valence-corrected chi connectivity index (χ2v) is 5.12. The zero-order valence-corrected chi connectivity index (χ0v) is 12.0. The third-order valence-electron chi connectivity index (χ3n) is 3.07. The molecule has 106 valence electrons. The molecule has 1 rings (SSSR count). The minimum Gasteiger partial charge on any atom is -0.484 e. The first-order valence-corrected chi connectivity index (χ1v) is 6.67. The Bertz CT molecular complexity index is 408. The summed E-state index contributed by atoms with van der Waals surface area (Å²) in [6, 6.07) is 6.83. The number of carbonyl (C=O) groups is 1. The van der Waals surface area contributed by atoms with E-state index >= 15 is 0 Å². The van der Waals surface area contributed by atoms with E-state index in [4.69, 9.17) is 21.4 Å². The molecule has 1 aromatic rings. The molecule has 0 aromatic heterocycles. The van der Waals surface area contributed by atoms with Gasteiger partial charge >= 0.3 is 0 Å². The van der Waals surface area contributed by atoms with Crippen LogP contribution in [0.5, 0.6) is 5.75 Å². The van der Waals surface area contributed by atoms with Crippen molar-refractivity contribution in [3.05, 3.63) is 29.3 Å². The largest absolute Gasteiger partial charge is 0.484 e. The Kier molecular flexibility index (Phi) is 6.12. The van der Waals surface area contributed by atoms with Crippen LogP contribution in [-0.2, 0) is 4.79 Å². The summed E-state index contributed by atoms with van der Waals surface area (Å²) >= 11 is 5.76. The number of rotatable bonds is 7. The lowest BCUT2D eigenvalue weighted by Gasteiger charge is -2.28. The maximum atomic E-state index is 11.8. The van der Waals surface area contributed by atoms with E-state index in [-0.39, 0.29) is 19.1 Å². The third-order valence-corrected chi connectivity index (χ3v) is 3.32. The average Bonchev–Trinajstić information content (AvgIpc) is 2.38. The third kappa shape index (κ3) is 5.49. The minimum absolute atomic E-state index is 0.0443. The van der Waals surface area contributed by atoms with Gasteiger partial charge in [0.2, 0.25) is 0 Å². The van der Waals surface area contributed by atoms with Crippen molar-refractivity contribution < 1.29 is 14.6 Å². The number of carbonyl (C=O) groups excluding carboxylic acids is 1. The summed E-state index contributed by atoms with van der Waals surface area (Å²) in [5.74, 6) is 0.396. The Morgan fingerprint density at radius 2 is 2.05 bits per heavy atom. The van der Waals surface area contributed by atoms with Crippen molar-refractivity contribution >= 4 is 17.5 Å². The smallest absolute Gasteiger partial charge is 0.258 e. The highest BCUT2D eigenvalue weighted by Gasteiger charge is 2.23. The second kappa shape index (κ2) is 7.36. The van der Waals surface area contributed by atoms with E-state index in [1.54, 1.807) is 24.3 Å². The van der Waals surface area contributed by atoms with E-state index in [1.807, 2.05) is 13.8 Å². The van der Waals surface area contributed by atoms with Crippen LogP contribution in [0.4, 0.5) is 0 Å². The Morgan fingerprint density at radius 3 is 2.58 bits per heavy atom. The summed E-state index contributed by atoms with van der Waals surface area (Å²) in [7, 11) is 0. The number of amides is 1. The van der Waals surface area contributed by atoms with Crippen molar-refractivity contribution in [1.82, 2.24) is 5.32 Å². The van der Waals surface area contributed by atoms with Crippen LogP contribution < -0.4 is 10.1 Å². The van der Waals surface area contributed by atoms with Gasteiger partial charge in [-0.2, -0.15) is 0 Å². The van der Waals surface area contributed by atoms with Crippen molar-refractivity contribution in [2.24, 2.45) is 0 Å². The first-order chi connectivity index (χ1) is 8.99. The number of benzene rings is 1. The Morgan fingerprint density at radius 1 is 1.42 bits per heavy atom. The van der Waals surface area contributed by atoms with Gasteiger partial charge in [0.1, 0.15) is 5.75 Å². The lowest BCUT2D eigenvalue weighted by atomic mass is 9.95.